The maximum atomic E-state index is 12.0. The number of amides is 1. The number of thioether (sulfide) groups is 1. The van der Waals surface area contributed by atoms with Gasteiger partial charge in [0.2, 0.25) is 5.91 Å². The highest BCUT2D eigenvalue weighted by atomic mass is 35.5. The number of rotatable bonds is 5. The number of hydrogen-bond acceptors (Lipinski definition) is 5. The summed E-state index contributed by atoms with van der Waals surface area (Å²) in [6, 6.07) is 8.22. The third kappa shape index (κ3) is 5.98. The molecule has 1 aliphatic rings. The van der Waals surface area contributed by atoms with Gasteiger partial charge in [0.05, 0.1) is 5.69 Å². The van der Waals surface area contributed by atoms with E-state index in [9.17, 15) is 4.79 Å². The quantitative estimate of drug-likeness (QED) is 0.815. The van der Waals surface area contributed by atoms with Crippen LogP contribution in [0.4, 0.5) is 0 Å². The molecule has 0 aliphatic carbocycles. The largest absolute Gasteiger partial charge is 0.352 e. The fourth-order valence-electron chi connectivity index (χ4n) is 2.36. The van der Waals surface area contributed by atoms with Crippen LogP contribution in [0.5, 0.6) is 0 Å². The van der Waals surface area contributed by atoms with Crippen molar-refractivity contribution in [2.75, 3.05) is 18.1 Å². The lowest BCUT2D eigenvalue weighted by Gasteiger charge is -2.22. The van der Waals surface area contributed by atoms with Gasteiger partial charge in [0.25, 0.3) is 0 Å². The molecule has 1 unspecified atom stereocenters. The molecule has 0 spiro atoms. The number of hydrogen-bond donors (Lipinski definition) is 2. The lowest BCUT2D eigenvalue weighted by Crippen LogP contribution is -2.41. The summed E-state index contributed by atoms with van der Waals surface area (Å²) in [7, 11) is 0. The summed E-state index contributed by atoms with van der Waals surface area (Å²) in [5.74, 6) is 2.25. The standard InChI is InChI=1S/C15H19N5OS.2ClH/c21-15(7-13-9-22-6-5-17-13)18-8-12-1-3-14(4-2-12)20-11-16-10-19-20;;/h1-4,10-11,13,17H,5-9H2,(H,18,21);2*1H. The summed E-state index contributed by atoms with van der Waals surface area (Å²) in [5, 5.41) is 10.4. The maximum absolute atomic E-state index is 12.0. The molecule has 1 aliphatic heterocycles. The maximum Gasteiger partial charge on any atom is 0.221 e. The second-order valence-corrected chi connectivity index (χ2v) is 6.36. The van der Waals surface area contributed by atoms with Crippen molar-refractivity contribution in [3.8, 4) is 5.69 Å². The van der Waals surface area contributed by atoms with Gasteiger partial charge in [-0.25, -0.2) is 9.67 Å². The monoisotopic (exact) mass is 389 g/mol. The number of carbonyl (C=O) groups is 1. The summed E-state index contributed by atoms with van der Waals surface area (Å²) >= 11 is 1.90. The minimum absolute atomic E-state index is 0. The number of halogens is 2. The van der Waals surface area contributed by atoms with Crippen LogP contribution >= 0.6 is 36.6 Å². The Bertz CT molecular complexity index is 603. The molecule has 2 N–H and O–H groups in total. The summed E-state index contributed by atoms with van der Waals surface area (Å²) in [5.41, 5.74) is 2.03. The third-order valence-corrected chi connectivity index (χ3v) is 4.67. The highest BCUT2D eigenvalue weighted by Crippen LogP contribution is 2.11. The fraction of sp³-hybridized carbons (Fsp3) is 0.400. The van der Waals surface area contributed by atoms with E-state index in [-0.39, 0.29) is 30.7 Å². The van der Waals surface area contributed by atoms with E-state index in [4.69, 9.17) is 0 Å². The van der Waals surface area contributed by atoms with E-state index < -0.39 is 0 Å². The van der Waals surface area contributed by atoms with E-state index in [0.29, 0.717) is 19.0 Å². The van der Waals surface area contributed by atoms with E-state index in [1.165, 1.54) is 6.33 Å². The second kappa shape index (κ2) is 10.6. The van der Waals surface area contributed by atoms with Gasteiger partial charge in [0, 0.05) is 37.1 Å². The van der Waals surface area contributed by atoms with Crippen LogP contribution in [0.25, 0.3) is 5.69 Å². The van der Waals surface area contributed by atoms with Crippen LogP contribution in [-0.2, 0) is 11.3 Å². The van der Waals surface area contributed by atoms with Crippen LogP contribution < -0.4 is 10.6 Å². The lowest BCUT2D eigenvalue weighted by molar-refractivity contribution is -0.121. The molecule has 1 aromatic carbocycles. The molecule has 1 saturated heterocycles. The Morgan fingerprint density at radius 1 is 1.33 bits per heavy atom. The normalized spacial score (nSPS) is 16.6. The molecule has 0 radical (unpaired) electrons. The van der Waals surface area contributed by atoms with Gasteiger partial charge in [-0.3, -0.25) is 4.79 Å². The highest BCUT2D eigenvalue weighted by Gasteiger charge is 2.16. The first-order valence-electron chi connectivity index (χ1n) is 7.33. The Kier molecular flexibility index (Phi) is 9.13. The Morgan fingerprint density at radius 2 is 2.12 bits per heavy atom. The Labute approximate surface area is 158 Å². The summed E-state index contributed by atoms with van der Waals surface area (Å²) in [6.07, 6.45) is 3.71. The first-order chi connectivity index (χ1) is 10.8. The minimum atomic E-state index is 0. The number of benzene rings is 1. The molecule has 1 amide bonds. The molecule has 6 nitrogen and oxygen atoms in total. The van der Waals surface area contributed by atoms with Crippen LogP contribution in [-0.4, -0.2) is 44.8 Å². The van der Waals surface area contributed by atoms with Crippen molar-refractivity contribution in [1.29, 1.82) is 0 Å². The van der Waals surface area contributed by atoms with Gasteiger partial charge in [-0.2, -0.15) is 16.9 Å². The zero-order chi connectivity index (χ0) is 15.2. The molecule has 0 bridgehead atoms. The third-order valence-electron chi connectivity index (χ3n) is 3.54. The van der Waals surface area contributed by atoms with Gasteiger partial charge >= 0.3 is 0 Å². The topological polar surface area (TPSA) is 71.8 Å². The van der Waals surface area contributed by atoms with E-state index in [0.717, 1.165) is 29.3 Å². The smallest absolute Gasteiger partial charge is 0.221 e. The average Bonchev–Trinajstić information content (AvgIpc) is 3.09. The SMILES string of the molecule is Cl.Cl.O=C(CC1CSCCN1)NCc1ccc(-n2cncn2)cc1. The van der Waals surface area contributed by atoms with E-state index in [2.05, 4.69) is 20.7 Å². The predicted octanol–water partition coefficient (Wildman–Crippen LogP) is 1.82. The summed E-state index contributed by atoms with van der Waals surface area (Å²) in [4.78, 5) is 15.9. The van der Waals surface area contributed by atoms with Crippen molar-refractivity contribution < 1.29 is 4.79 Å². The van der Waals surface area contributed by atoms with Crippen LogP contribution in [0.15, 0.2) is 36.9 Å². The Balaban J connectivity index is 0.00000144. The molecule has 1 aromatic heterocycles. The molecule has 3 rings (SSSR count). The first kappa shape index (κ1) is 20.8. The highest BCUT2D eigenvalue weighted by molar-refractivity contribution is 7.99. The van der Waals surface area contributed by atoms with Gasteiger partial charge in [-0.15, -0.1) is 24.8 Å². The number of aromatic nitrogens is 3. The molecule has 24 heavy (non-hydrogen) atoms. The van der Waals surface area contributed by atoms with Crippen molar-refractivity contribution in [3.63, 3.8) is 0 Å². The lowest BCUT2D eigenvalue weighted by atomic mass is 10.2. The van der Waals surface area contributed by atoms with Crippen molar-refractivity contribution in [3.05, 3.63) is 42.5 Å². The molecule has 9 heteroatoms. The Hall–Kier alpha value is -1.28. The van der Waals surface area contributed by atoms with E-state index in [1.54, 1.807) is 11.0 Å². The van der Waals surface area contributed by atoms with Crippen molar-refractivity contribution >= 4 is 42.5 Å². The van der Waals surface area contributed by atoms with Crippen molar-refractivity contribution in [2.24, 2.45) is 0 Å². The summed E-state index contributed by atoms with van der Waals surface area (Å²) < 4.78 is 1.70. The van der Waals surface area contributed by atoms with Crippen LogP contribution in [0.3, 0.4) is 0 Å². The molecule has 1 fully saturated rings. The molecule has 132 valence electrons. The molecule has 2 heterocycles. The zero-order valence-corrected chi connectivity index (χ0v) is 15.5. The Morgan fingerprint density at radius 3 is 2.75 bits per heavy atom. The first-order valence-corrected chi connectivity index (χ1v) is 8.48. The summed E-state index contributed by atoms with van der Waals surface area (Å²) in [6.45, 7) is 1.54. The van der Waals surface area contributed by atoms with Crippen LogP contribution in [0.1, 0.15) is 12.0 Å². The molecular formula is C15H21Cl2N5OS. The van der Waals surface area contributed by atoms with Gasteiger partial charge in [-0.05, 0) is 17.7 Å². The fourth-order valence-corrected chi connectivity index (χ4v) is 3.30. The number of nitrogens with zero attached hydrogens (tertiary/aromatic N) is 3. The molecular weight excluding hydrogens is 369 g/mol. The van der Waals surface area contributed by atoms with Gasteiger partial charge < -0.3 is 10.6 Å². The van der Waals surface area contributed by atoms with Crippen LogP contribution in [0, 0.1) is 0 Å². The van der Waals surface area contributed by atoms with Gasteiger partial charge in [-0.1, -0.05) is 12.1 Å². The second-order valence-electron chi connectivity index (χ2n) is 5.21. The molecule has 0 saturated carbocycles. The van der Waals surface area contributed by atoms with Gasteiger partial charge in [0.1, 0.15) is 12.7 Å². The number of nitrogens with one attached hydrogen (secondary N) is 2. The number of carbonyl (C=O) groups excluding carboxylic acids is 1. The van der Waals surface area contributed by atoms with Crippen molar-refractivity contribution in [1.82, 2.24) is 25.4 Å². The average molecular weight is 390 g/mol. The predicted molar refractivity (Wildman–Crippen MR) is 101 cm³/mol. The minimum Gasteiger partial charge on any atom is -0.352 e. The molecule has 2 aromatic rings. The van der Waals surface area contributed by atoms with Crippen LogP contribution in [0.2, 0.25) is 0 Å². The molecule has 1 atom stereocenters. The van der Waals surface area contributed by atoms with E-state index in [1.807, 2.05) is 36.0 Å². The van der Waals surface area contributed by atoms with Gasteiger partial charge in [0.15, 0.2) is 0 Å². The van der Waals surface area contributed by atoms with Crippen molar-refractivity contribution in [2.45, 2.75) is 19.0 Å². The van der Waals surface area contributed by atoms with E-state index >= 15 is 0 Å². The zero-order valence-electron chi connectivity index (χ0n) is 13.1.